The van der Waals surface area contributed by atoms with Crippen molar-refractivity contribution >= 4 is 17.5 Å². The molecule has 19 heavy (non-hydrogen) atoms. The highest BCUT2D eigenvalue weighted by Crippen LogP contribution is 2.29. The molecule has 0 N–H and O–H groups in total. The maximum absolute atomic E-state index is 12.4. The molecule has 0 aromatic heterocycles. The van der Waals surface area contributed by atoms with Crippen molar-refractivity contribution in [2.45, 2.75) is 76.7 Å². The van der Waals surface area contributed by atoms with E-state index in [1.54, 1.807) is 0 Å². The highest BCUT2D eigenvalue weighted by atomic mass is 35.5. The van der Waals surface area contributed by atoms with Crippen LogP contribution in [-0.4, -0.2) is 29.3 Å². The molecule has 2 saturated carbocycles. The molecule has 0 aromatic rings. The summed E-state index contributed by atoms with van der Waals surface area (Å²) in [6.45, 7) is 0.873. The monoisotopic (exact) mass is 285 g/mol. The number of carbonyl (C=O) groups is 1. The van der Waals surface area contributed by atoms with E-state index in [0.717, 1.165) is 31.7 Å². The van der Waals surface area contributed by atoms with Crippen LogP contribution in [0, 0.1) is 5.92 Å². The molecule has 110 valence electrons. The van der Waals surface area contributed by atoms with E-state index in [2.05, 4.69) is 4.90 Å². The number of carbonyl (C=O) groups excluding carboxylic acids is 1. The summed E-state index contributed by atoms with van der Waals surface area (Å²) in [6, 6.07) is 0.530. The van der Waals surface area contributed by atoms with Gasteiger partial charge in [0.15, 0.2) is 0 Å². The van der Waals surface area contributed by atoms with Gasteiger partial charge in [-0.25, -0.2) is 0 Å². The maximum Gasteiger partial charge on any atom is 0.222 e. The molecule has 0 atom stereocenters. The first kappa shape index (κ1) is 15.2. The predicted octanol–water partition coefficient (Wildman–Crippen LogP) is 4.36. The van der Waals surface area contributed by atoms with Gasteiger partial charge in [-0.3, -0.25) is 4.79 Å². The minimum Gasteiger partial charge on any atom is -0.340 e. The van der Waals surface area contributed by atoms with E-state index >= 15 is 0 Å². The average Bonchev–Trinajstić information content (AvgIpc) is 2.39. The maximum atomic E-state index is 12.4. The second kappa shape index (κ2) is 8.14. The molecule has 2 fully saturated rings. The van der Waals surface area contributed by atoms with Gasteiger partial charge in [0.05, 0.1) is 0 Å². The highest BCUT2D eigenvalue weighted by Gasteiger charge is 2.28. The van der Waals surface area contributed by atoms with Gasteiger partial charge < -0.3 is 4.90 Å². The van der Waals surface area contributed by atoms with E-state index < -0.39 is 0 Å². The first-order valence-corrected chi connectivity index (χ1v) is 8.70. The van der Waals surface area contributed by atoms with Crippen molar-refractivity contribution in [2.24, 2.45) is 5.92 Å². The smallest absolute Gasteiger partial charge is 0.222 e. The standard InChI is InChI=1S/C16H28ClNO/c17-12-5-13-18(15-8-4-9-15)16(19)11-10-14-6-2-1-3-7-14/h14-15H,1-13H2. The zero-order valence-corrected chi connectivity index (χ0v) is 12.8. The van der Waals surface area contributed by atoms with Gasteiger partial charge in [0.2, 0.25) is 5.91 Å². The van der Waals surface area contributed by atoms with Crippen LogP contribution in [0.2, 0.25) is 0 Å². The molecule has 2 rings (SSSR count). The topological polar surface area (TPSA) is 20.3 Å². The predicted molar refractivity (Wildman–Crippen MR) is 80.5 cm³/mol. The fourth-order valence-corrected chi connectivity index (χ4v) is 3.51. The van der Waals surface area contributed by atoms with Gasteiger partial charge in [0, 0.05) is 24.9 Å². The van der Waals surface area contributed by atoms with Crippen molar-refractivity contribution < 1.29 is 4.79 Å². The molecule has 0 unspecified atom stereocenters. The van der Waals surface area contributed by atoms with E-state index in [4.69, 9.17) is 11.6 Å². The quantitative estimate of drug-likeness (QED) is 0.637. The lowest BCUT2D eigenvalue weighted by Gasteiger charge is -2.38. The van der Waals surface area contributed by atoms with Crippen LogP contribution < -0.4 is 0 Å². The summed E-state index contributed by atoms with van der Waals surface area (Å²) in [5.74, 6) is 1.87. The zero-order chi connectivity index (χ0) is 13.5. The third-order valence-electron chi connectivity index (χ3n) is 4.86. The summed E-state index contributed by atoms with van der Waals surface area (Å²) in [5, 5.41) is 0. The van der Waals surface area contributed by atoms with Crippen molar-refractivity contribution in [3.05, 3.63) is 0 Å². The number of amides is 1. The largest absolute Gasteiger partial charge is 0.340 e. The van der Waals surface area contributed by atoms with E-state index in [1.807, 2.05) is 0 Å². The Morgan fingerprint density at radius 3 is 2.37 bits per heavy atom. The summed E-state index contributed by atoms with van der Waals surface area (Å²) in [4.78, 5) is 14.5. The molecule has 0 bridgehead atoms. The van der Waals surface area contributed by atoms with Gasteiger partial charge in [-0.2, -0.15) is 0 Å². The number of nitrogens with zero attached hydrogens (tertiary/aromatic N) is 1. The molecule has 0 saturated heterocycles. The van der Waals surface area contributed by atoms with Crippen molar-refractivity contribution in [3.63, 3.8) is 0 Å². The Balaban J connectivity index is 1.73. The second-order valence-electron chi connectivity index (χ2n) is 6.26. The molecule has 1 amide bonds. The summed E-state index contributed by atoms with van der Waals surface area (Å²) in [6.07, 6.45) is 13.4. The fourth-order valence-electron chi connectivity index (χ4n) is 3.39. The SMILES string of the molecule is O=C(CCC1CCCCC1)N(CCCCl)C1CCC1. The number of halogens is 1. The Morgan fingerprint density at radius 2 is 1.79 bits per heavy atom. The third-order valence-corrected chi connectivity index (χ3v) is 5.13. The van der Waals surface area contributed by atoms with Crippen molar-refractivity contribution in [2.75, 3.05) is 12.4 Å². The van der Waals surface area contributed by atoms with Crippen LogP contribution in [0.4, 0.5) is 0 Å². The lowest BCUT2D eigenvalue weighted by Crippen LogP contribution is -2.44. The minimum absolute atomic E-state index is 0.389. The molecule has 0 radical (unpaired) electrons. The molecular weight excluding hydrogens is 258 g/mol. The van der Waals surface area contributed by atoms with Crippen LogP contribution in [0.5, 0.6) is 0 Å². The van der Waals surface area contributed by atoms with Crippen molar-refractivity contribution in [1.29, 1.82) is 0 Å². The van der Waals surface area contributed by atoms with Gasteiger partial charge in [-0.15, -0.1) is 11.6 Å². The van der Waals surface area contributed by atoms with E-state index in [9.17, 15) is 4.79 Å². The molecule has 0 heterocycles. The second-order valence-corrected chi connectivity index (χ2v) is 6.64. The van der Waals surface area contributed by atoms with E-state index in [0.29, 0.717) is 17.8 Å². The molecule has 0 spiro atoms. The van der Waals surface area contributed by atoms with Crippen LogP contribution in [0.25, 0.3) is 0 Å². The number of alkyl halides is 1. The van der Waals surface area contributed by atoms with E-state index in [-0.39, 0.29) is 0 Å². The third kappa shape index (κ3) is 4.66. The number of hydrogen-bond acceptors (Lipinski definition) is 1. The molecule has 3 heteroatoms. The summed E-state index contributed by atoms with van der Waals surface area (Å²) < 4.78 is 0. The Hall–Kier alpha value is -0.240. The molecule has 2 aliphatic rings. The molecule has 0 aromatic carbocycles. The van der Waals surface area contributed by atoms with Crippen LogP contribution in [0.1, 0.15) is 70.6 Å². The zero-order valence-electron chi connectivity index (χ0n) is 12.1. The average molecular weight is 286 g/mol. The fraction of sp³-hybridized carbons (Fsp3) is 0.938. The lowest BCUT2D eigenvalue weighted by atomic mass is 9.85. The van der Waals surface area contributed by atoms with Gasteiger partial charge >= 0.3 is 0 Å². The van der Waals surface area contributed by atoms with Crippen molar-refractivity contribution in [3.8, 4) is 0 Å². The van der Waals surface area contributed by atoms with Gasteiger partial charge in [-0.05, 0) is 38.0 Å². The Kier molecular flexibility index (Phi) is 6.49. The van der Waals surface area contributed by atoms with E-state index in [1.165, 1.54) is 51.4 Å². The summed E-state index contributed by atoms with van der Waals surface area (Å²) in [7, 11) is 0. The Bertz CT molecular complexity index is 272. The Morgan fingerprint density at radius 1 is 1.05 bits per heavy atom. The lowest BCUT2D eigenvalue weighted by molar-refractivity contribution is -0.135. The van der Waals surface area contributed by atoms with Crippen molar-refractivity contribution in [1.82, 2.24) is 4.90 Å². The van der Waals surface area contributed by atoms with Crippen LogP contribution in [0.3, 0.4) is 0 Å². The molecular formula is C16H28ClNO. The first-order valence-electron chi connectivity index (χ1n) is 8.16. The van der Waals surface area contributed by atoms with Gasteiger partial charge in [-0.1, -0.05) is 32.1 Å². The Labute approximate surface area is 122 Å². The minimum atomic E-state index is 0.389. The first-order chi connectivity index (χ1) is 9.31. The normalized spacial score (nSPS) is 21.1. The summed E-state index contributed by atoms with van der Waals surface area (Å²) >= 11 is 5.78. The van der Waals surface area contributed by atoms with Crippen LogP contribution in [-0.2, 0) is 4.79 Å². The number of hydrogen-bond donors (Lipinski definition) is 0. The molecule has 2 aliphatic carbocycles. The summed E-state index contributed by atoms with van der Waals surface area (Å²) in [5.41, 5.74) is 0. The number of rotatable bonds is 7. The highest BCUT2D eigenvalue weighted by molar-refractivity contribution is 6.17. The molecule has 2 nitrogen and oxygen atoms in total. The molecule has 0 aliphatic heterocycles. The van der Waals surface area contributed by atoms with Crippen LogP contribution >= 0.6 is 11.6 Å². The van der Waals surface area contributed by atoms with Crippen LogP contribution in [0.15, 0.2) is 0 Å². The van der Waals surface area contributed by atoms with Gasteiger partial charge in [0.1, 0.15) is 0 Å². The van der Waals surface area contributed by atoms with Gasteiger partial charge in [0.25, 0.3) is 0 Å².